The molecule has 0 aromatic rings. The van der Waals surface area contributed by atoms with Crippen molar-refractivity contribution in [3.63, 3.8) is 0 Å². The largest absolute Gasteiger partial charge is 0.465 e. The van der Waals surface area contributed by atoms with E-state index in [1.165, 1.54) is 0 Å². The summed E-state index contributed by atoms with van der Waals surface area (Å²) in [7, 11) is 0. The number of hydrogen-bond acceptors (Lipinski definition) is 2. The second kappa shape index (κ2) is 6.08. The molecule has 2 nitrogen and oxygen atoms in total. The van der Waals surface area contributed by atoms with Crippen molar-refractivity contribution in [2.45, 2.75) is 27.7 Å². The van der Waals surface area contributed by atoms with Crippen LogP contribution in [0.1, 0.15) is 27.7 Å². The van der Waals surface area contributed by atoms with Crippen molar-refractivity contribution in [2.24, 2.45) is 10.4 Å². The van der Waals surface area contributed by atoms with Gasteiger partial charge in [-0.1, -0.05) is 33.3 Å². The highest BCUT2D eigenvalue weighted by molar-refractivity contribution is 5.79. The quantitative estimate of drug-likeness (QED) is 0.392. The molecule has 0 aromatic carbocycles. The molecule has 0 bridgehead atoms. The van der Waals surface area contributed by atoms with E-state index >= 15 is 0 Å². The van der Waals surface area contributed by atoms with Crippen LogP contribution in [-0.2, 0) is 4.74 Å². The summed E-state index contributed by atoms with van der Waals surface area (Å²) in [5.74, 6) is 2.92. The molecule has 0 aliphatic rings. The van der Waals surface area contributed by atoms with Crippen LogP contribution in [0, 0.1) is 17.8 Å². The number of rotatable bonds is 4. The van der Waals surface area contributed by atoms with Gasteiger partial charge in [0.25, 0.3) is 0 Å². The molecular weight excluding hydrogens is 186 g/mol. The van der Waals surface area contributed by atoms with Crippen LogP contribution in [0.25, 0.3) is 0 Å². The molecule has 0 amide bonds. The van der Waals surface area contributed by atoms with Crippen molar-refractivity contribution in [1.29, 1.82) is 0 Å². The van der Waals surface area contributed by atoms with Gasteiger partial charge >= 0.3 is 0 Å². The fourth-order valence-electron chi connectivity index (χ4n) is 0.646. The van der Waals surface area contributed by atoms with Crippen LogP contribution < -0.4 is 0 Å². The predicted octanol–water partition coefficient (Wildman–Crippen LogP) is 3.17. The molecule has 0 unspecified atom stereocenters. The number of nitrogens with zero attached hydrogens (tertiary/aromatic N) is 1. The normalized spacial score (nSPS) is 12.6. The SMILES string of the molecule is C#CCO/C(=C/C)N=CC(=C)C(C)(C)C. The lowest BCUT2D eigenvalue weighted by Crippen LogP contribution is -2.09. The Hall–Kier alpha value is -1.49. The molecule has 0 spiro atoms. The third kappa shape index (κ3) is 5.74. The van der Waals surface area contributed by atoms with E-state index < -0.39 is 0 Å². The molecule has 0 saturated carbocycles. The van der Waals surface area contributed by atoms with Gasteiger partial charge < -0.3 is 4.74 Å². The highest BCUT2D eigenvalue weighted by Gasteiger charge is 2.12. The molecule has 0 aromatic heterocycles. The molecule has 0 atom stereocenters. The third-order valence-corrected chi connectivity index (χ3v) is 1.86. The zero-order chi connectivity index (χ0) is 11.9. The highest BCUT2D eigenvalue weighted by atomic mass is 16.5. The molecule has 0 radical (unpaired) electrons. The van der Waals surface area contributed by atoms with Gasteiger partial charge in [-0.25, -0.2) is 4.99 Å². The number of hydrogen-bond donors (Lipinski definition) is 0. The van der Waals surface area contributed by atoms with Gasteiger partial charge in [0.2, 0.25) is 5.88 Å². The van der Waals surface area contributed by atoms with Crippen molar-refractivity contribution in [3.8, 4) is 12.3 Å². The molecular formula is C13H19NO. The number of allylic oxidation sites excluding steroid dienone is 2. The van der Waals surface area contributed by atoms with Gasteiger partial charge in [-0.3, -0.25) is 0 Å². The maximum Gasteiger partial charge on any atom is 0.209 e. The molecule has 0 N–H and O–H groups in total. The van der Waals surface area contributed by atoms with Crippen LogP contribution in [0.3, 0.4) is 0 Å². The molecule has 0 fully saturated rings. The van der Waals surface area contributed by atoms with E-state index in [1.54, 1.807) is 12.3 Å². The zero-order valence-electron chi connectivity index (χ0n) is 10.0. The summed E-state index contributed by atoms with van der Waals surface area (Å²) >= 11 is 0. The van der Waals surface area contributed by atoms with Crippen LogP contribution >= 0.6 is 0 Å². The average Bonchev–Trinajstić information content (AvgIpc) is 2.16. The minimum absolute atomic E-state index is 0.0223. The second-order valence-electron chi connectivity index (χ2n) is 4.15. The Morgan fingerprint density at radius 3 is 2.53 bits per heavy atom. The van der Waals surface area contributed by atoms with Crippen LogP contribution in [0.5, 0.6) is 0 Å². The van der Waals surface area contributed by atoms with Crippen LogP contribution in [0.15, 0.2) is 29.1 Å². The first-order valence-electron chi connectivity index (χ1n) is 4.88. The van der Waals surface area contributed by atoms with E-state index in [4.69, 9.17) is 11.2 Å². The summed E-state index contributed by atoms with van der Waals surface area (Å²) < 4.78 is 5.19. The summed E-state index contributed by atoms with van der Waals surface area (Å²) in [6.07, 6.45) is 8.57. The van der Waals surface area contributed by atoms with E-state index in [9.17, 15) is 0 Å². The predicted molar refractivity (Wildman–Crippen MR) is 65.6 cm³/mol. The molecule has 0 saturated heterocycles. The molecule has 0 rings (SSSR count). The summed E-state index contributed by atoms with van der Waals surface area (Å²) in [5, 5.41) is 0. The lowest BCUT2D eigenvalue weighted by atomic mass is 9.88. The van der Waals surface area contributed by atoms with Gasteiger partial charge in [-0.15, -0.1) is 6.42 Å². The molecule has 82 valence electrons. The van der Waals surface area contributed by atoms with Gasteiger partial charge in [-0.05, 0) is 24.0 Å². The Bertz CT molecular complexity index is 310. The maximum absolute atomic E-state index is 5.19. The monoisotopic (exact) mass is 205 g/mol. The van der Waals surface area contributed by atoms with E-state index in [2.05, 4.69) is 38.3 Å². The molecule has 0 aliphatic heterocycles. The lowest BCUT2D eigenvalue weighted by Gasteiger charge is -2.17. The minimum Gasteiger partial charge on any atom is -0.465 e. The number of terminal acetylenes is 1. The fourth-order valence-corrected chi connectivity index (χ4v) is 0.646. The van der Waals surface area contributed by atoms with Gasteiger partial charge in [-0.2, -0.15) is 0 Å². The molecule has 0 aliphatic carbocycles. The van der Waals surface area contributed by atoms with E-state index in [1.807, 2.05) is 6.92 Å². The van der Waals surface area contributed by atoms with E-state index in [0.717, 1.165) is 5.57 Å². The summed E-state index contributed by atoms with van der Waals surface area (Å²) in [6, 6.07) is 0. The third-order valence-electron chi connectivity index (χ3n) is 1.86. The smallest absolute Gasteiger partial charge is 0.209 e. The van der Waals surface area contributed by atoms with Crippen LogP contribution in [0.2, 0.25) is 0 Å². The lowest BCUT2D eigenvalue weighted by molar-refractivity contribution is 0.251. The van der Waals surface area contributed by atoms with E-state index in [-0.39, 0.29) is 12.0 Å². The fraction of sp³-hybridized carbons (Fsp3) is 0.462. The van der Waals surface area contributed by atoms with Crippen LogP contribution in [-0.4, -0.2) is 12.8 Å². The Morgan fingerprint density at radius 1 is 1.53 bits per heavy atom. The molecule has 15 heavy (non-hydrogen) atoms. The van der Waals surface area contributed by atoms with Crippen LogP contribution in [0.4, 0.5) is 0 Å². The summed E-state index contributed by atoms with van der Waals surface area (Å²) in [6.45, 7) is 12.3. The van der Waals surface area contributed by atoms with Gasteiger partial charge in [0, 0.05) is 6.21 Å². The van der Waals surface area contributed by atoms with Crippen molar-refractivity contribution >= 4 is 6.21 Å². The first-order valence-corrected chi connectivity index (χ1v) is 4.88. The Kier molecular flexibility index (Phi) is 5.48. The van der Waals surface area contributed by atoms with Crippen molar-refractivity contribution in [2.75, 3.05) is 6.61 Å². The zero-order valence-corrected chi connectivity index (χ0v) is 10.0. The Balaban J connectivity index is 4.39. The first kappa shape index (κ1) is 13.5. The first-order chi connectivity index (χ1) is 6.91. The minimum atomic E-state index is 0.0223. The van der Waals surface area contributed by atoms with Crippen molar-refractivity contribution in [3.05, 3.63) is 24.1 Å². The maximum atomic E-state index is 5.19. The van der Waals surface area contributed by atoms with Gasteiger partial charge in [0.1, 0.15) is 0 Å². The average molecular weight is 205 g/mol. The Labute approximate surface area is 92.7 Å². The van der Waals surface area contributed by atoms with E-state index in [0.29, 0.717) is 5.88 Å². The highest BCUT2D eigenvalue weighted by Crippen LogP contribution is 2.21. The summed E-state index contributed by atoms with van der Waals surface area (Å²) in [4.78, 5) is 4.16. The van der Waals surface area contributed by atoms with Gasteiger partial charge in [0.15, 0.2) is 6.61 Å². The molecule has 0 heterocycles. The number of aliphatic imine (C=N–C) groups is 1. The van der Waals surface area contributed by atoms with Crippen molar-refractivity contribution < 1.29 is 4.74 Å². The van der Waals surface area contributed by atoms with Crippen molar-refractivity contribution in [1.82, 2.24) is 0 Å². The number of ether oxygens (including phenoxy) is 1. The molecule has 2 heteroatoms. The standard InChI is InChI=1S/C13H19NO/c1-7-9-15-12(8-2)14-10-11(3)13(4,5)6/h1,8,10H,3,9H2,2,4-6H3/b12-8+,14-10?. The summed E-state index contributed by atoms with van der Waals surface area (Å²) in [5.41, 5.74) is 0.972. The second-order valence-corrected chi connectivity index (χ2v) is 4.15. The Morgan fingerprint density at radius 2 is 2.13 bits per heavy atom. The topological polar surface area (TPSA) is 21.6 Å². The van der Waals surface area contributed by atoms with Gasteiger partial charge in [0.05, 0.1) is 0 Å².